The third kappa shape index (κ3) is 2.88. The molecule has 1 N–H and O–H groups in total. The lowest BCUT2D eigenvalue weighted by molar-refractivity contribution is -0.137. The van der Waals surface area contributed by atoms with Crippen LogP contribution in [0.1, 0.15) is 40.6 Å². The molecule has 4 heterocycles. The quantitative estimate of drug-likeness (QED) is 0.755. The van der Waals surface area contributed by atoms with Gasteiger partial charge in [0.05, 0.1) is 5.69 Å². The van der Waals surface area contributed by atoms with Crippen LogP contribution < -0.4 is 0 Å². The van der Waals surface area contributed by atoms with Gasteiger partial charge in [-0.15, -0.1) is 11.3 Å². The van der Waals surface area contributed by atoms with E-state index in [-0.39, 0.29) is 18.4 Å². The van der Waals surface area contributed by atoms with Gasteiger partial charge < -0.3 is 10.0 Å². The third-order valence-corrected chi connectivity index (χ3v) is 5.56. The Morgan fingerprint density at radius 1 is 1.42 bits per heavy atom. The molecule has 1 aliphatic heterocycles. The number of carbonyl (C=O) groups is 2. The number of rotatable bonds is 4. The van der Waals surface area contributed by atoms with E-state index >= 15 is 0 Å². The van der Waals surface area contributed by atoms with Gasteiger partial charge in [-0.1, -0.05) is 0 Å². The van der Waals surface area contributed by atoms with E-state index < -0.39 is 5.97 Å². The number of nitrogens with zero attached hydrogens (tertiary/aromatic N) is 5. The van der Waals surface area contributed by atoms with Gasteiger partial charge in [-0.2, -0.15) is 5.10 Å². The topological polar surface area (TPSA) is 92.7 Å². The fourth-order valence-electron chi connectivity index (χ4n) is 3.65. The number of fused-ring (bicyclic) bond motifs is 1. The summed E-state index contributed by atoms with van der Waals surface area (Å²) in [5.41, 5.74) is 2.22. The van der Waals surface area contributed by atoms with Crippen molar-refractivity contribution < 1.29 is 14.7 Å². The highest BCUT2D eigenvalue weighted by Gasteiger charge is 2.30. The fourth-order valence-corrected chi connectivity index (χ4v) is 4.41. The summed E-state index contributed by atoms with van der Waals surface area (Å²) in [5.74, 6) is -0.864. The maximum Gasteiger partial charge on any atom is 0.325 e. The summed E-state index contributed by atoms with van der Waals surface area (Å²) in [5, 5.41) is 15.1. The highest BCUT2D eigenvalue weighted by Crippen LogP contribution is 2.28. The number of amides is 1. The molecule has 1 amide bonds. The van der Waals surface area contributed by atoms with E-state index in [4.69, 9.17) is 5.11 Å². The zero-order chi connectivity index (χ0) is 18.3. The molecule has 3 aromatic heterocycles. The van der Waals surface area contributed by atoms with Gasteiger partial charge in [-0.25, -0.2) is 4.98 Å². The van der Waals surface area contributed by atoms with Crippen molar-refractivity contribution in [2.24, 2.45) is 0 Å². The van der Waals surface area contributed by atoms with Crippen LogP contribution in [0.5, 0.6) is 0 Å². The van der Waals surface area contributed by atoms with E-state index in [1.54, 1.807) is 6.20 Å². The van der Waals surface area contributed by atoms with E-state index in [2.05, 4.69) is 10.1 Å². The molecule has 0 aliphatic carbocycles. The molecule has 0 saturated carbocycles. The molecular formula is C17H19N5O3S. The van der Waals surface area contributed by atoms with E-state index in [0.717, 1.165) is 29.2 Å². The van der Waals surface area contributed by atoms with Gasteiger partial charge in [0.15, 0.2) is 4.96 Å². The van der Waals surface area contributed by atoms with Gasteiger partial charge >= 0.3 is 5.97 Å². The fraction of sp³-hybridized carbons (Fsp3) is 0.412. The number of aromatic nitrogens is 4. The number of carboxylic acids is 1. The molecular weight excluding hydrogens is 354 g/mol. The minimum absolute atomic E-state index is 0.0256. The van der Waals surface area contributed by atoms with Crippen molar-refractivity contribution >= 4 is 28.2 Å². The Labute approximate surface area is 153 Å². The second-order valence-electron chi connectivity index (χ2n) is 6.50. The van der Waals surface area contributed by atoms with Crippen LogP contribution in [-0.2, 0) is 11.3 Å². The average Bonchev–Trinajstić information content (AvgIpc) is 3.30. The molecule has 0 unspecified atom stereocenters. The Hall–Kier alpha value is -2.68. The minimum atomic E-state index is -0.923. The molecule has 1 aliphatic rings. The number of aryl methyl sites for hydroxylation is 1. The number of aliphatic carboxylic acids is 1. The molecule has 1 atom stereocenters. The molecule has 9 heteroatoms. The number of imidazole rings is 1. The summed E-state index contributed by atoms with van der Waals surface area (Å²) >= 11 is 1.51. The summed E-state index contributed by atoms with van der Waals surface area (Å²) in [6.45, 7) is 2.94. The summed E-state index contributed by atoms with van der Waals surface area (Å²) < 4.78 is 3.36. The summed E-state index contributed by atoms with van der Waals surface area (Å²) in [6.07, 6.45) is 5.28. The number of hydrogen-bond acceptors (Lipinski definition) is 5. The van der Waals surface area contributed by atoms with E-state index in [9.17, 15) is 9.59 Å². The Morgan fingerprint density at radius 2 is 2.27 bits per heavy atom. The molecule has 1 saturated heterocycles. The Morgan fingerprint density at radius 3 is 3.08 bits per heavy atom. The lowest BCUT2D eigenvalue weighted by atomic mass is 9.94. The zero-order valence-electron chi connectivity index (χ0n) is 14.3. The molecule has 0 aromatic carbocycles. The molecule has 136 valence electrons. The van der Waals surface area contributed by atoms with Crippen LogP contribution >= 0.6 is 11.3 Å². The molecule has 1 fully saturated rings. The summed E-state index contributed by atoms with van der Waals surface area (Å²) in [4.78, 5) is 31.3. The largest absolute Gasteiger partial charge is 0.480 e. The second kappa shape index (κ2) is 6.56. The highest BCUT2D eigenvalue weighted by atomic mass is 32.1. The number of piperidine rings is 1. The maximum atomic E-state index is 13.1. The van der Waals surface area contributed by atoms with Crippen LogP contribution in [0.15, 0.2) is 23.8 Å². The molecule has 4 rings (SSSR count). The first-order valence-corrected chi connectivity index (χ1v) is 9.37. The molecule has 0 radical (unpaired) electrons. The number of likely N-dealkylation sites (tertiary alicyclic amines) is 1. The SMILES string of the molecule is Cc1nc2sccn2c1C(=O)N1CCC[C@H](c2ccnn2CC(=O)O)C1. The van der Waals surface area contributed by atoms with E-state index in [0.29, 0.717) is 18.8 Å². The zero-order valence-corrected chi connectivity index (χ0v) is 15.1. The molecule has 0 bridgehead atoms. The Balaban J connectivity index is 1.58. The van der Waals surface area contributed by atoms with Gasteiger partial charge in [-0.3, -0.25) is 18.7 Å². The van der Waals surface area contributed by atoms with Crippen molar-refractivity contribution in [2.45, 2.75) is 32.2 Å². The van der Waals surface area contributed by atoms with Gasteiger partial charge in [0, 0.05) is 42.5 Å². The number of carboxylic acid groups (broad SMARTS) is 1. The van der Waals surface area contributed by atoms with Crippen LogP contribution in [0.2, 0.25) is 0 Å². The van der Waals surface area contributed by atoms with E-state index in [1.807, 2.05) is 33.9 Å². The van der Waals surface area contributed by atoms with Crippen LogP contribution in [0, 0.1) is 6.92 Å². The molecule has 26 heavy (non-hydrogen) atoms. The van der Waals surface area contributed by atoms with E-state index in [1.165, 1.54) is 16.0 Å². The standard InChI is InChI=1S/C17H19N5O3S/c1-11-15(21-7-8-26-17(21)19-11)16(25)20-6-2-3-12(9-20)13-4-5-18-22(13)10-14(23)24/h4-5,7-8,12H,2-3,6,9-10H2,1H3,(H,23,24)/t12-/m0/s1. The van der Waals surface area contributed by atoms with Crippen LogP contribution in [0.25, 0.3) is 4.96 Å². The van der Waals surface area contributed by atoms with Crippen molar-refractivity contribution in [1.29, 1.82) is 0 Å². The number of thiazole rings is 1. The lowest BCUT2D eigenvalue weighted by Crippen LogP contribution is -2.40. The minimum Gasteiger partial charge on any atom is -0.480 e. The molecule has 3 aromatic rings. The maximum absolute atomic E-state index is 13.1. The first kappa shape index (κ1) is 16.8. The Bertz CT molecular complexity index is 972. The van der Waals surface area contributed by atoms with Crippen LogP contribution in [0.4, 0.5) is 0 Å². The van der Waals surface area contributed by atoms with Crippen molar-refractivity contribution in [3.63, 3.8) is 0 Å². The van der Waals surface area contributed by atoms with Gasteiger partial charge in [0.25, 0.3) is 5.91 Å². The second-order valence-corrected chi connectivity index (χ2v) is 7.37. The van der Waals surface area contributed by atoms with Crippen molar-refractivity contribution in [1.82, 2.24) is 24.1 Å². The molecule has 0 spiro atoms. The summed E-state index contributed by atoms with van der Waals surface area (Å²) in [6, 6.07) is 1.85. The van der Waals surface area contributed by atoms with Crippen molar-refractivity contribution in [3.05, 3.63) is 40.9 Å². The van der Waals surface area contributed by atoms with Crippen LogP contribution in [-0.4, -0.2) is 54.1 Å². The van der Waals surface area contributed by atoms with Crippen molar-refractivity contribution in [3.8, 4) is 0 Å². The third-order valence-electron chi connectivity index (χ3n) is 4.80. The Kier molecular flexibility index (Phi) is 4.23. The van der Waals surface area contributed by atoms with Crippen LogP contribution in [0.3, 0.4) is 0 Å². The number of hydrogen-bond donors (Lipinski definition) is 1. The van der Waals surface area contributed by atoms with Crippen molar-refractivity contribution in [2.75, 3.05) is 13.1 Å². The first-order valence-electron chi connectivity index (χ1n) is 8.49. The predicted molar refractivity (Wildman–Crippen MR) is 95.5 cm³/mol. The lowest BCUT2D eigenvalue weighted by Gasteiger charge is -2.33. The average molecular weight is 373 g/mol. The normalized spacial score (nSPS) is 17.7. The summed E-state index contributed by atoms with van der Waals surface area (Å²) in [7, 11) is 0. The van der Waals surface area contributed by atoms with Gasteiger partial charge in [-0.05, 0) is 25.8 Å². The smallest absolute Gasteiger partial charge is 0.325 e. The highest BCUT2D eigenvalue weighted by molar-refractivity contribution is 7.15. The first-order chi connectivity index (χ1) is 12.5. The van der Waals surface area contributed by atoms with Gasteiger partial charge in [0.1, 0.15) is 12.2 Å². The predicted octanol–water partition coefficient (Wildman–Crippen LogP) is 2.01. The van der Waals surface area contributed by atoms with Gasteiger partial charge in [0.2, 0.25) is 0 Å². The monoisotopic (exact) mass is 373 g/mol. The molecule has 8 nitrogen and oxygen atoms in total. The number of carbonyl (C=O) groups excluding carboxylic acids is 1.